The van der Waals surface area contributed by atoms with Crippen molar-refractivity contribution in [1.82, 2.24) is 9.97 Å². The van der Waals surface area contributed by atoms with Crippen LogP contribution in [0.2, 0.25) is 5.02 Å². The summed E-state index contributed by atoms with van der Waals surface area (Å²) in [5.41, 5.74) is 3.67. The smallest absolute Gasteiger partial charge is 0.259 e. The van der Waals surface area contributed by atoms with Gasteiger partial charge in [0.15, 0.2) is 5.78 Å². The molecule has 31 heavy (non-hydrogen) atoms. The fourth-order valence-corrected chi connectivity index (χ4v) is 3.91. The van der Waals surface area contributed by atoms with E-state index in [0.717, 1.165) is 22.1 Å². The Balaban J connectivity index is 1.76. The lowest BCUT2D eigenvalue weighted by Gasteiger charge is -2.13. The molecule has 0 aliphatic heterocycles. The van der Waals surface area contributed by atoms with Gasteiger partial charge in [-0.2, -0.15) is 0 Å². The Kier molecular flexibility index (Phi) is 6.26. The number of hydrogen-bond donors (Lipinski definition) is 1. The van der Waals surface area contributed by atoms with Crippen molar-refractivity contribution in [2.75, 3.05) is 7.11 Å². The zero-order chi connectivity index (χ0) is 21.8. The largest absolute Gasteiger partial charge is 0.380 e. The summed E-state index contributed by atoms with van der Waals surface area (Å²) in [7, 11) is 1.62. The number of methoxy groups -OCH3 is 1. The molecule has 0 unspecified atom stereocenters. The van der Waals surface area contributed by atoms with Crippen molar-refractivity contribution in [3.05, 3.63) is 99.1 Å². The molecular formula is C25H21ClN2O3. The van der Waals surface area contributed by atoms with Gasteiger partial charge >= 0.3 is 0 Å². The number of nitrogens with zero attached hydrogens (tertiary/aromatic N) is 1. The van der Waals surface area contributed by atoms with Gasteiger partial charge in [0, 0.05) is 47.4 Å². The number of aryl methyl sites for hydroxylation is 1. The van der Waals surface area contributed by atoms with Crippen LogP contribution in [0.15, 0.2) is 71.8 Å². The first-order valence-corrected chi connectivity index (χ1v) is 10.3. The number of Topliss-reactive ketones (excluding diaryl/α,β-unsaturated/α-hetero) is 1. The van der Waals surface area contributed by atoms with E-state index >= 15 is 0 Å². The predicted molar refractivity (Wildman–Crippen MR) is 123 cm³/mol. The second-order valence-electron chi connectivity index (χ2n) is 7.32. The van der Waals surface area contributed by atoms with Crippen LogP contribution in [0.1, 0.15) is 27.9 Å². The standard InChI is InChI=1S/C25H21ClN2O3/c1-31-15-17-11-16(13-27-14-17)7-10-22(29)24-23(18-5-3-2-4-6-18)20-12-19(26)8-9-21(20)28-25(24)30/h2-6,8-9,11-14H,7,10,15H2,1H3,(H,28,30). The predicted octanol–water partition coefficient (Wildman–Crippen LogP) is 5.21. The zero-order valence-corrected chi connectivity index (χ0v) is 17.8. The number of ketones is 1. The Morgan fingerprint density at radius 1 is 1.06 bits per heavy atom. The van der Waals surface area contributed by atoms with Crippen LogP contribution >= 0.6 is 11.6 Å². The summed E-state index contributed by atoms with van der Waals surface area (Å²) in [5, 5.41) is 1.28. The molecule has 0 atom stereocenters. The summed E-state index contributed by atoms with van der Waals surface area (Å²) in [6.45, 7) is 0.456. The van der Waals surface area contributed by atoms with Crippen molar-refractivity contribution in [2.45, 2.75) is 19.4 Å². The van der Waals surface area contributed by atoms with E-state index in [1.165, 1.54) is 0 Å². The van der Waals surface area contributed by atoms with Crippen LogP contribution in [0, 0.1) is 0 Å². The average Bonchev–Trinajstić information content (AvgIpc) is 2.78. The van der Waals surface area contributed by atoms with E-state index < -0.39 is 5.56 Å². The van der Waals surface area contributed by atoms with Gasteiger partial charge in [0.2, 0.25) is 0 Å². The van der Waals surface area contributed by atoms with Crippen LogP contribution in [0.3, 0.4) is 0 Å². The zero-order valence-electron chi connectivity index (χ0n) is 17.0. The van der Waals surface area contributed by atoms with Crippen molar-refractivity contribution >= 4 is 28.3 Å². The molecular weight excluding hydrogens is 412 g/mol. The maximum atomic E-state index is 13.3. The molecule has 0 aliphatic rings. The summed E-state index contributed by atoms with van der Waals surface area (Å²) >= 11 is 6.24. The first-order chi connectivity index (χ1) is 15.1. The third kappa shape index (κ3) is 4.58. The number of aromatic nitrogens is 2. The van der Waals surface area contributed by atoms with Crippen molar-refractivity contribution in [1.29, 1.82) is 0 Å². The molecule has 0 aliphatic carbocycles. The van der Waals surface area contributed by atoms with Crippen molar-refractivity contribution in [3.8, 4) is 11.1 Å². The number of fused-ring (bicyclic) bond motifs is 1. The number of ether oxygens (including phenoxy) is 1. The molecule has 1 N–H and O–H groups in total. The van der Waals surface area contributed by atoms with Crippen molar-refractivity contribution < 1.29 is 9.53 Å². The highest BCUT2D eigenvalue weighted by Gasteiger charge is 2.21. The van der Waals surface area contributed by atoms with Gasteiger partial charge in [-0.05, 0) is 41.3 Å². The van der Waals surface area contributed by atoms with Gasteiger partial charge in [-0.3, -0.25) is 14.6 Å². The normalized spacial score (nSPS) is 11.0. The molecule has 2 heterocycles. The highest BCUT2D eigenvalue weighted by Crippen LogP contribution is 2.32. The van der Waals surface area contributed by atoms with Gasteiger partial charge in [0.05, 0.1) is 12.2 Å². The van der Waals surface area contributed by atoms with E-state index in [0.29, 0.717) is 29.1 Å². The van der Waals surface area contributed by atoms with Crippen molar-refractivity contribution in [3.63, 3.8) is 0 Å². The topological polar surface area (TPSA) is 72.0 Å². The van der Waals surface area contributed by atoms with Crippen LogP contribution < -0.4 is 5.56 Å². The summed E-state index contributed by atoms with van der Waals surface area (Å²) in [5.74, 6) is -0.223. The van der Waals surface area contributed by atoms with Gasteiger partial charge in [0.25, 0.3) is 5.56 Å². The van der Waals surface area contributed by atoms with Crippen LogP contribution in [0.25, 0.3) is 22.0 Å². The summed E-state index contributed by atoms with van der Waals surface area (Å²) in [4.78, 5) is 33.3. The van der Waals surface area contributed by atoms with E-state index in [2.05, 4.69) is 9.97 Å². The number of pyridine rings is 2. The molecule has 2 aromatic heterocycles. The Bertz CT molecular complexity index is 1300. The first kappa shape index (κ1) is 21.0. The molecule has 0 saturated heterocycles. The molecule has 2 aromatic carbocycles. The third-order valence-corrected chi connectivity index (χ3v) is 5.36. The van der Waals surface area contributed by atoms with E-state index in [1.54, 1.807) is 37.7 Å². The van der Waals surface area contributed by atoms with Gasteiger partial charge < -0.3 is 9.72 Å². The highest BCUT2D eigenvalue weighted by molar-refractivity contribution is 6.31. The van der Waals surface area contributed by atoms with Crippen LogP contribution in [-0.4, -0.2) is 22.9 Å². The minimum Gasteiger partial charge on any atom is -0.380 e. The molecule has 0 fully saturated rings. The number of hydrogen-bond acceptors (Lipinski definition) is 4. The van der Waals surface area contributed by atoms with E-state index in [9.17, 15) is 9.59 Å². The summed E-state index contributed by atoms with van der Waals surface area (Å²) in [6, 6.07) is 16.7. The fraction of sp³-hybridized carbons (Fsp3) is 0.160. The number of H-pyrrole nitrogens is 1. The van der Waals surface area contributed by atoms with E-state index in [1.807, 2.05) is 36.4 Å². The maximum absolute atomic E-state index is 13.3. The number of benzene rings is 2. The molecule has 0 radical (unpaired) electrons. The molecule has 6 heteroatoms. The Morgan fingerprint density at radius 2 is 1.84 bits per heavy atom. The average molecular weight is 433 g/mol. The number of halogens is 1. The number of carbonyl (C=O) groups excluding carboxylic acids is 1. The maximum Gasteiger partial charge on any atom is 0.259 e. The van der Waals surface area contributed by atoms with Crippen LogP contribution in [-0.2, 0) is 17.8 Å². The number of nitrogens with one attached hydrogen (secondary N) is 1. The Hall–Kier alpha value is -3.28. The molecule has 0 bridgehead atoms. The Morgan fingerprint density at radius 3 is 2.61 bits per heavy atom. The quantitative estimate of drug-likeness (QED) is 0.407. The minimum atomic E-state index is -0.398. The van der Waals surface area contributed by atoms with Gasteiger partial charge in [0.1, 0.15) is 0 Å². The van der Waals surface area contributed by atoms with Gasteiger partial charge in [-0.1, -0.05) is 48.0 Å². The number of carbonyl (C=O) groups is 1. The summed E-state index contributed by atoms with van der Waals surface area (Å²) in [6.07, 6.45) is 4.13. The minimum absolute atomic E-state index is 0.155. The lowest BCUT2D eigenvalue weighted by molar-refractivity contribution is 0.0982. The SMILES string of the molecule is COCc1cncc(CCC(=O)c2c(-c3ccccc3)c3cc(Cl)ccc3[nH]c2=O)c1. The molecule has 5 nitrogen and oxygen atoms in total. The van der Waals surface area contributed by atoms with E-state index in [-0.39, 0.29) is 17.8 Å². The third-order valence-electron chi connectivity index (χ3n) is 5.12. The van der Waals surface area contributed by atoms with Gasteiger partial charge in [-0.25, -0.2) is 0 Å². The highest BCUT2D eigenvalue weighted by atomic mass is 35.5. The van der Waals surface area contributed by atoms with Gasteiger partial charge in [-0.15, -0.1) is 0 Å². The number of aromatic amines is 1. The molecule has 0 saturated carbocycles. The van der Waals surface area contributed by atoms with Crippen LogP contribution in [0.4, 0.5) is 0 Å². The molecule has 0 amide bonds. The molecule has 156 valence electrons. The molecule has 4 aromatic rings. The lowest BCUT2D eigenvalue weighted by Crippen LogP contribution is -2.20. The number of rotatable bonds is 7. The first-order valence-electron chi connectivity index (χ1n) is 9.92. The van der Waals surface area contributed by atoms with Crippen LogP contribution in [0.5, 0.6) is 0 Å². The summed E-state index contributed by atoms with van der Waals surface area (Å²) < 4.78 is 5.15. The second-order valence-corrected chi connectivity index (χ2v) is 7.75. The monoisotopic (exact) mass is 432 g/mol. The van der Waals surface area contributed by atoms with E-state index in [4.69, 9.17) is 16.3 Å². The Labute approximate surface area is 184 Å². The second kappa shape index (κ2) is 9.25. The van der Waals surface area contributed by atoms with Crippen molar-refractivity contribution in [2.24, 2.45) is 0 Å². The lowest BCUT2D eigenvalue weighted by atomic mass is 9.92. The molecule has 0 spiro atoms. The fourth-order valence-electron chi connectivity index (χ4n) is 3.74. The molecule has 4 rings (SSSR count).